The normalized spacial score (nSPS) is 26.2. The Hall–Kier alpha value is -0.940. The van der Waals surface area contributed by atoms with Gasteiger partial charge in [0, 0.05) is 19.2 Å². The average Bonchev–Trinajstić information content (AvgIpc) is 3.07. The van der Waals surface area contributed by atoms with Crippen molar-refractivity contribution >= 4 is 11.8 Å². The Kier molecular flexibility index (Phi) is 4.02. The second-order valence-corrected chi connectivity index (χ2v) is 5.56. The largest absolute Gasteiger partial charge is 0.383 e. The van der Waals surface area contributed by atoms with Gasteiger partial charge in [-0.1, -0.05) is 13.8 Å². The van der Waals surface area contributed by atoms with E-state index in [1.54, 1.807) is 7.11 Å². The van der Waals surface area contributed by atoms with Crippen LogP contribution in [0, 0.1) is 5.92 Å². The lowest BCUT2D eigenvalue weighted by Gasteiger charge is -2.24. The maximum absolute atomic E-state index is 12.2. The summed E-state index contributed by atoms with van der Waals surface area (Å²) in [6.45, 7) is 4.71. The van der Waals surface area contributed by atoms with Crippen LogP contribution in [0.5, 0.6) is 0 Å². The zero-order valence-electron chi connectivity index (χ0n) is 11.3. The fraction of sp³-hybridized carbons (Fsp3) is 0.846. The van der Waals surface area contributed by atoms with Crippen molar-refractivity contribution in [1.29, 1.82) is 0 Å². The van der Waals surface area contributed by atoms with Gasteiger partial charge in [-0.05, 0) is 18.8 Å². The number of hydrogen-bond acceptors (Lipinski definition) is 4. The molecule has 1 N–H and O–H groups in total. The predicted octanol–water partition coefficient (Wildman–Crippen LogP) is 0.537. The number of imide groups is 1. The Balaban J connectivity index is 1.97. The number of amides is 2. The highest BCUT2D eigenvalue weighted by Crippen LogP contribution is 2.31. The van der Waals surface area contributed by atoms with E-state index in [0.717, 1.165) is 12.8 Å². The molecule has 5 heteroatoms. The lowest BCUT2D eigenvalue weighted by atomic mass is 10.0. The first kappa shape index (κ1) is 13.5. The zero-order chi connectivity index (χ0) is 13.3. The standard InChI is InChI=1S/C13H22N2O3/c1-8(2)11(7-18-3)14-10-6-12(16)15(13(10)17)9-4-5-9/h8-11,14H,4-7H2,1-3H3. The minimum absolute atomic E-state index is 0.0278. The van der Waals surface area contributed by atoms with E-state index in [-0.39, 0.29) is 29.9 Å². The van der Waals surface area contributed by atoms with E-state index in [9.17, 15) is 9.59 Å². The number of rotatable bonds is 6. The fourth-order valence-electron chi connectivity index (χ4n) is 2.37. The average molecular weight is 254 g/mol. The molecule has 2 fully saturated rings. The summed E-state index contributed by atoms with van der Waals surface area (Å²) in [7, 11) is 1.65. The number of carbonyl (C=O) groups excluding carboxylic acids is 2. The topological polar surface area (TPSA) is 58.6 Å². The molecule has 0 aromatic carbocycles. The molecular formula is C13H22N2O3. The minimum atomic E-state index is -0.361. The van der Waals surface area contributed by atoms with Crippen LogP contribution in [0.25, 0.3) is 0 Å². The third kappa shape index (κ3) is 2.72. The van der Waals surface area contributed by atoms with Crippen LogP contribution >= 0.6 is 0 Å². The molecule has 2 aliphatic rings. The fourth-order valence-corrected chi connectivity index (χ4v) is 2.37. The number of hydrogen-bond donors (Lipinski definition) is 1. The molecular weight excluding hydrogens is 232 g/mol. The summed E-state index contributed by atoms with van der Waals surface area (Å²) in [5, 5.41) is 3.27. The number of carbonyl (C=O) groups is 2. The summed E-state index contributed by atoms with van der Waals surface area (Å²) in [4.78, 5) is 25.4. The Labute approximate surface area is 108 Å². The number of nitrogens with zero attached hydrogens (tertiary/aromatic N) is 1. The van der Waals surface area contributed by atoms with Gasteiger partial charge in [-0.2, -0.15) is 0 Å². The summed E-state index contributed by atoms with van der Waals surface area (Å²) < 4.78 is 5.15. The molecule has 0 aromatic rings. The first-order valence-corrected chi connectivity index (χ1v) is 6.65. The van der Waals surface area contributed by atoms with E-state index in [4.69, 9.17) is 4.74 Å². The molecule has 0 radical (unpaired) electrons. The van der Waals surface area contributed by atoms with Gasteiger partial charge in [0.25, 0.3) is 0 Å². The van der Waals surface area contributed by atoms with Gasteiger partial charge in [0.2, 0.25) is 11.8 Å². The molecule has 2 amide bonds. The lowest BCUT2D eigenvalue weighted by molar-refractivity contribution is -0.139. The summed E-state index contributed by atoms with van der Waals surface area (Å²) >= 11 is 0. The van der Waals surface area contributed by atoms with Crippen molar-refractivity contribution in [1.82, 2.24) is 10.2 Å². The quantitative estimate of drug-likeness (QED) is 0.703. The Morgan fingerprint density at radius 3 is 2.56 bits per heavy atom. The maximum Gasteiger partial charge on any atom is 0.247 e. The lowest BCUT2D eigenvalue weighted by Crippen LogP contribution is -2.48. The van der Waals surface area contributed by atoms with E-state index in [0.29, 0.717) is 18.9 Å². The van der Waals surface area contributed by atoms with Crippen LogP contribution in [0.2, 0.25) is 0 Å². The van der Waals surface area contributed by atoms with Gasteiger partial charge in [-0.15, -0.1) is 0 Å². The molecule has 1 aliphatic heterocycles. The van der Waals surface area contributed by atoms with Crippen LogP contribution in [0.3, 0.4) is 0 Å². The summed E-state index contributed by atoms with van der Waals surface area (Å²) in [5.74, 6) is 0.284. The monoisotopic (exact) mass is 254 g/mol. The molecule has 2 atom stereocenters. The Morgan fingerprint density at radius 2 is 2.06 bits per heavy atom. The summed E-state index contributed by atoms with van der Waals surface area (Å²) in [5.41, 5.74) is 0. The second kappa shape index (κ2) is 5.36. The van der Waals surface area contributed by atoms with Crippen molar-refractivity contribution in [2.24, 2.45) is 5.92 Å². The highest BCUT2D eigenvalue weighted by Gasteiger charge is 2.46. The van der Waals surface area contributed by atoms with E-state index in [1.807, 2.05) is 0 Å². The molecule has 1 aliphatic carbocycles. The molecule has 1 saturated heterocycles. The third-order valence-electron chi connectivity index (χ3n) is 3.66. The van der Waals surface area contributed by atoms with Gasteiger partial charge < -0.3 is 10.1 Å². The van der Waals surface area contributed by atoms with Crippen molar-refractivity contribution in [2.45, 2.75) is 51.2 Å². The number of ether oxygens (including phenoxy) is 1. The second-order valence-electron chi connectivity index (χ2n) is 5.56. The SMILES string of the molecule is COCC(NC1CC(=O)N(C2CC2)C1=O)C(C)C. The van der Waals surface area contributed by atoms with Crippen LogP contribution in [-0.2, 0) is 14.3 Å². The first-order valence-electron chi connectivity index (χ1n) is 6.65. The number of methoxy groups -OCH3 is 1. The highest BCUT2D eigenvalue weighted by atomic mass is 16.5. The van der Waals surface area contributed by atoms with Crippen LogP contribution in [0.4, 0.5) is 0 Å². The van der Waals surface area contributed by atoms with E-state index in [2.05, 4.69) is 19.2 Å². The van der Waals surface area contributed by atoms with Gasteiger partial charge in [0.15, 0.2) is 0 Å². The highest BCUT2D eigenvalue weighted by molar-refractivity contribution is 6.06. The van der Waals surface area contributed by atoms with E-state index < -0.39 is 0 Å². The van der Waals surface area contributed by atoms with Gasteiger partial charge in [-0.3, -0.25) is 14.5 Å². The smallest absolute Gasteiger partial charge is 0.247 e. The molecule has 102 valence electrons. The van der Waals surface area contributed by atoms with Gasteiger partial charge in [0.05, 0.1) is 19.1 Å². The minimum Gasteiger partial charge on any atom is -0.383 e. The maximum atomic E-state index is 12.2. The van der Waals surface area contributed by atoms with Gasteiger partial charge in [0.1, 0.15) is 0 Å². The molecule has 0 spiro atoms. The van der Waals surface area contributed by atoms with E-state index in [1.165, 1.54) is 4.90 Å². The van der Waals surface area contributed by atoms with Crippen LogP contribution in [-0.4, -0.2) is 48.6 Å². The van der Waals surface area contributed by atoms with E-state index >= 15 is 0 Å². The molecule has 1 saturated carbocycles. The van der Waals surface area contributed by atoms with Crippen molar-refractivity contribution in [3.8, 4) is 0 Å². The summed E-state index contributed by atoms with van der Waals surface area (Å²) in [6.07, 6.45) is 2.23. The van der Waals surface area contributed by atoms with Crippen molar-refractivity contribution in [3.63, 3.8) is 0 Å². The molecule has 5 nitrogen and oxygen atoms in total. The number of likely N-dealkylation sites (tertiary alicyclic amines) is 1. The summed E-state index contributed by atoms with van der Waals surface area (Å²) in [6, 6.07) is -0.0757. The van der Waals surface area contributed by atoms with Crippen LogP contribution in [0.15, 0.2) is 0 Å². The molecule has 2 unspecified atom stereocenters. The van der Waals surface area contributed by atoms with Gasteiger partial charge >= 0.3 is 0 Å². The molecule has 1 heterocycles. The van der Waals surface area contributed by atoms with Crippen LogP contribution in [0.1, 0.15) is 33.1 Å². The van der Waals surface area contributed by atoms with Crippen molar-refractivity contribution < 1.29 is 14.3 Å². The molecule has 2 rings (SSSR count). The Morgan fingerprint density at radius 1 is 1.39 bits per heavy atom. The predicted molar refractivity (Wildman–Crippen MR) is 66.9 cm³/mol. The van der Waals surface area contributed by atoms with Gasteiger partial charge in [-0.25, -0.2) is 0 Å². The third-order valence-corrected chi connectivity index (χ3v) is 3.66. The molecule has 18 heavy (non-hydrogen) atoms. The number of nitrogens with one attached hydrogen (secondary N) is 1. The first-order chi connectivity index (χ1) is 8.54. The van der Waals surface area contributed by atoms with Crippen molar-refractivity contribution in [2.75, 3.05) is 13.7 Å². The molecule has 0 bridgehead atoms. The Bertz CT molecular complexity index is 339. The zero-order valence-corrected chi connectivity index (χ0v) is 11.3. The van der Waals surface area contributed by atoms with Crippen LogP contribution < -0.4 is 5.32 Å². The van der Waals surface area contributed by atoms with Crippen molar-refractivity contribution in [3.05, 3.63) is 0 Å². The molecule has 0 aromatic heterocycles.